The van der Waals surface area contributed by atoms with Gasteiger partial charge in [-0.3, -0.25) is 4.79 Å². The number of aromatic nitrogens is 1. The van der Waals surface area contributed by atoms with E-state index in [1.54, 1.807) is 0 Å². The highest BCUT2D eigenvalue weighted by Crippen LogP contribution is 2.46. The second kappa shape index (κ2) is 3.39. The molecule has 2 aromatic rings. The smallest absolute Gasteiger partial charge is 0.272 e. The summed E-state index contributed by atoms with van der Waals surface area (Å²) in [4.78, 5) is 19.4. The Morgan fingerprint density at radius 1 is 1.38 bits per heavy atom. The summed E-state index contributed by atoms with van der Waals surface area (Å²) in [5.41, 5.74) is 7.22. The molecule has 1 aromatic carbocycles. The standard InChI is InChI=1S/C15H15N5O/c16-14-17-13-15(18-14)6-3-7-19(15)12(21)11-8-9-4-1-2-5-10(9)20(11)13/h1-2,4-5,8,13H,3,6-7H2,(H3,16,17,18)/t13-,15+/m0/s1. The number of nitrogens with two attached hydrogens (primary N) is 1. The fourth-order valence-electron chi connectivity index (χ4n) is 4.09. The first kappa shape index (κ1) is 11.2. The average molecular weight is 281 g/mol. The monoisotopic (exact) mass is 281 g/mol. The van der Waals surface area contributed by atoms with Crippen molar-refractivity contribution in [2.45, 2.75) is 24.7 Å². The van der Waals surface area contributed by atoms with Crippen molar-refractivity contribution in [1.82, 2.24) is 14.8 Å². The Morgan fingerprint density at radius 2 is 2.24 bits per heavy atom. The van der Waals surface area contributed by atoms with Crippen LogP contribution in [0.5, 0.6) is 0 Å². The third-order valence-electron chi connectivity index (χ3n) is 4.91. The number of nitrogens with zero attached hydrogens (tertiary/aromatic N) is 3. The maximum atomic E-state index is 12.9. The molecule has 0 radical (unpaired) electrons. The molecule has 0 aliphatic carbocycles. The van der Waals surface area contributed by atoms with Crippen LogP contribution in [-0.2, 0) is 0 Å². The fourth-order valence-corrected chi connectivity index (χ4v) is 4.09. The zero-order chi connectivity index (χ0) is 14.2. The molecule has 21 heavy (non-hydrogen) atoms. The van der Waals surface area contributed by atoms with Gasteiger partial charge in [-0.15, -0.1) is 0 Å². The molecule has 2 atom stereocenters. The van der Waals surface area contributed by atoms with Gasteiger partial charge in [0.15, 0.2) is 17.8 Å². The number of benzene rings is 1. The van der Waals surface area contributed by atoms with Gasteiger partial charge in [-0.05, 0) is 25.0 Å². The molecule has 1 spiro atoms. The third-order valence-corrected chi connectivity index (χ3v) is 4.91. The van der Waals surface area contributed by atoms with E-state index in [1.807, 2.05) is 39.8 Å². The lowest BCUT2D eigenvalue weighted by molar-refractivity contribution is 0.0337. The molecule has 1 amide bonds. The summed E-state index contributed by atoms with van der Waals surface area (Å²) in [6, 6.07) is 10.0. The first-order chi connectivity index (χ1) is 10.2. The highest BCUT2D eigenvalue weighted by molar-refractivity contribution is 6.01. The molecule has 1 aromatic heterocycles. The number of para-hydroxylation sites is 1. The Hall–Kier alpha value is -2.50. The Morgan fingerprint density at radius 3 is 3.14 bits per heavy atom. The molecular formula is C15H15N5O. The molecule has 3 aliphatic heterocycles. The van der Waals surface area contributed by atoms with Crippen LogP contribution in [-0.4, -0.2) is 33.5 Å². The highest BCUT2D eigenvalue weighted by atomic mass is 16.2. The topological polar surface area (TPSA) is 75.6 Å². The van der Waals surface area contributed by atoms with Crippen molar-refractivity contribution < 1.29 is 4.79 Å². The molecule has 3 N–H and O–H groups in total. The maximum absolute atomic E-state index is 12.9. The van der Waals surface area contributed by atoms with Crippen LogP contribution in [0.25, 0.3) is 10.9 Å². The second-order valence-electron chi connectivity index (χ2n) is 5.96. The minimum absolute atomic E-state index is 0.0670. The Balaban J connectivity index is 1.87. The predicted molar refractivity (Wildman–Crippen MR) is 78.7 cm³/mol. The van der Waals surface area contributed by atoms with E-state index in [2.05, 4.69) is 10.3 Å². The Kier molecular flexibility index (Phi) is 1.81. The van der Waals surface area contributed by atoms with Crippen molar-refractivity contribution >= 4 is 22.8 Å². The summed E-state index contributed by atoms with van der Waals surface area (Å²) in [6.45, 7) is 0.757. The molecule has 6 nitrogen and oxygen atoms in total. The van der Waals surface area contributed by atoms with Crippen molar-refractivity contribution in [3.63, 3.8) is 0 Å². The van der Waals surface area contributed by atoms with Crippen molar-refractivity contribution in [3.05, 3.63) is 36.0 Å². The number of carbonyl (C=O) groups excluding carboxylic acids is 1. The van der Waals surface area contributed by atoms with Crippen LogP contribution in [0, 0.1) is 0 Å². The van der Waals surface area contributed by atoms with Gasteiger partial charge in [0.2, 0.25) is 0 Å². The lowest BCUT2D eigenvalue weighted by atomic mass is 10.0. The van der Waals surface area contributed by atoms with E-state index >= 15 is 0 Å². The van der Waals surface area contributed by atoms with Gasteiger partial charge in [-0.25, -0.2) is 4.99 Å². The Bertz CT molecular complexity index is 823. The largest absolute Gasteiger partial charge is 0.370 e. The van der Waals surface area contributed by atoms with Crippen molar-refractivity contribution in [3.8, 4) is 0 Å². The van der Waals surface area contributed by atoms with Gasteiger partial charge < -0.3 is 20.5 Å². The minimum Gasteiger partial charge on any atom is -0.370 e. The number of fused-ring (bicyclic) bond motifs is 4. The minimum atomic E-state index is -0.476. The summed E-state index contributed by atoms with van der Waals surface area (Å²) in [7, 11) is 0. The molecule has 4 heterocycles. The predicted octanol–water partition coefficient (Wildman–Crippen LogP) is 1.00. The molecule has 0 saturated carbocycles. The number of hydrogen-bond acceptors (Lipinski definition) is 4. The van der Waals surface area contributed by atoms with Crippen LogP contribution in [0.15, 0.2) is 35.3 Å². The van der Waals surface area contributed by atoms with E-state index in [9.17, 15) is 4.79 Å². The molecule has 0 bridgehead atoms. The van der Waals surface area contributed by atoms with Gasteiger partial charge in [-0.1, -0.05) is 18.2 Å². The summed E-state index contributed by atoms with van der Waals surface area (Å²) in [5, 5.41) is 4.34. The molecule has 106 valence electrons. The fraction of sp³-hybridized carbons (Fsp3) is 0.333. The highest BCUT2D eigenvalue weighted by Gasteiger charge is 2.58. The lowest BCUT2D eigenvalue weighted by Crippen LogP contribution is -2.63. The zero-order valence-electron chi connectivity index (χ0n) is 11.4. The summed E-state index contributed by atoms with van der Waals surface area (Å²) >= 11 is 0. The second-order valence-corrected chi connectivity index (χ2v) is 5.96. The summed E-state index contributed by atoms with van der Waals surface area (Å²) in [6.07, 6.45) is 1.67. The third kappa shape index (κ3) is 1.15. The summed E-state index contributed by atoms with van der Waals surface area (Å²) < 4.78 is 2.05. The van der Waals surface area contributed by atoms with Crippen LogP contribution in [0.3, 0.4) is 0 Å². The number of rotatable bonds is 0. The number of aliphatic imine (C=N–C) groups is 1. The molecule has 1 saturated heterocycles. The van der Waals surface area contributed by atoms with E-state index in [4.69, 9.17) is 5.73 Å². The van der Waals surface area contributed by atoms with Crippen LogP contribution < -0.4 is 11.1 Å². The van der Waals surface area contributed by atoms with E-state index < -0.39 is 5.66 Å². The Labute approximate surface area is 121 Å². The number of nitrogens with one attached hydrogen (secondary N) is 1. The maximum Gasteiger partial charge on any atom is 0.272 e. The SMILES string of the molecule is NC1=N[C@H]2n3c(cc4ccccc43)C(=O)N3CCC[C@]23N1. The normalized spacial score (nSPS) is 29.9. The molecule has 0 unspecified atom stereocenters. The number of amides is 1. The van der Waals surface area contributed by atoms with Crippen molar-refractivity contribution in [1.29, 1.82) is 0 Å². The molecule has 1 fully saturated rings. The van der Waals surface area contributed by atoms with Gasteiger partial charge in [0.1, 0.15) is 5.69 Å². The average Bonchev–Trinajstić information content (AvgIpc) is 3.13. The molecule has 3 aliphatic rings. The molecule has 6 heteroatoms. The molecule has 5 rings (SSSR count). The van der Waals surface area contributed by atoms with E-state index in [1.165, 1.54) is 0 Å². The van der Waals surface area contributed by atoms with Crippen LogP contribution in [0.2, 0.25) is 0 Å². The number of carbonyl (C=O) groups is 1. The first-order valence-corrected chi connectivity index (χ1v) is 7.24. The van der Waals surface area contributed by atoms with E-state index in [0.717, 1.165) is 30.3 Å². The van der Waals surface area contributed by atoms with Crippen molar-refractivity contribution in [2.24, 2.45) is 10.7 Å². The van der Waals surface area contributed by atoms with E-state index in [-0.39, 0.29) is 12.1 Å². The van der Waals surface area contributed by atoms with Gasteiger partial charge in [0, 0.05) is 11.9 Å². The lowest BCUT2D eigenvalue weighted by Gasteiger charge is -2.43. The molecular weight excluding hydrogens is 266 g/mol. The van der Waals surface area contributed by atoms with Gasteiger partial charge >= 0.3 is 0 Å². The quantitative estimate of drug-likeness (QED) is 0.756. The number of hydrogen-bond donors (Lipinski definition) is 2. The summed E-state index contributed by atoms with van der Waals surface area (Å²) in [5.74, 6) is 0.489. The van der Waals surface area contributed by atoms with E-state index in [0.29, 0.717) is 11.7 Å². The van der Waals surface area contributed by atoms with Crippen LogP contribution in [0.1, 0.15) is 29.5 Å². The van der Waals surface area contributed by atoms with Crippen LogP contribution in [0.4, 0.5) is 0 Å². The van der Waals surface area contributed by atoms with Crippen LogP contribution >= 0.6 is 0 Å². The van der Waals surface area contributed by atoms with Gasteiger partial charge in [-0.2, -0.15) is 0 Å². The van der Waals surface area contributed by atoms with Gasteiger partial charge in [0.05, 0.1) is 5.52 Å². The van der Waals surface area contributed by atoms with Crippen molar-refractivity contribution in [2.75, 3.05) is 6.54 Å². The first-order valence-electron chi connectivity index (χ1n) is 7.24. The zero-order valence-corrected chi connectivity index (χ0v) is 11.4. The number of guanidine groups is 1. The van der Waals surface area contributed by atoms with Gasteiger partial charge in [0.25, 0.3) is 5.91 Å².